The van der Waals surface area contributed by atoms with E-state index in [4.69, 9.17) is 14.2 Å². The van der Waals surface area contributed by atoms with Crippen molar-refractivity contribution in [1.82, 2.24) is 14.9 Å². The number of hydrogen-bond donors (Lipinski definition) is 0. The lowest BCUT2D eigenvalue weighted by Crippen LogP contribution is -2.64. The highest BCUT2D eigenvalue weighted by atomic mass is 16.6. The summed E-state index contributed by atoms with van der Waals surface area (Å²) < 4.78 is 17.4. The monoisotopic (exact) mass is 335 g/mol. The van der Waals surface area contributed by atoms with Crippen LogP contribution in [-0.4, -0.2) is 57.5 Å². The SMILES string of the molecule is C[C@@H]1OC[C@H]2C[C@H](Oc3cnccn3)CC1N2C(=O)OC(C)(C)C. The van der Waals surface area contributed by atoms with Gasteiger partial charge < -0.3 is 14.2 Å². The minimum absolute atomic E-state index is 0.0123. The van der Waals surface area contributed by atoms with Crippen molar-refractivity contribution < 1.29 is 19.0 Å². The normalized spacial score (nSPS) is 29.9. The van der Waals surface area contributed by atoms with E-state index in [1.807, 2.05) is 32.6 Å². The van der Waals surface area contributed by atoms with E-state index in [0.29, 0.717) is 25.3 Å². The number of aromatic nitrogens is 2. The van der Waals surface area contributed by atoms with E-state index in [1.165, 1.54) is 0 Å². The average Bonchev–Trinajstić information content (AvgIpc) is 2.50. The van der Waals surface area contributed by atoms with Crippen molar-refractivity contribution in [2.24, 2.45) is 0 Å². The van der Waals surface area contributed by atoms with E-state index in [1.54, 1.807) is 18.6 Å². The molecule has 132 valence electrons. The zero-order chi connectivity index (χ0) is 17.3. The molecule has 2 saturated heterocycles. The molecule has 4 atom stereocenters. The second-order valence-electron chi connectivity index (χ2n) is 7.40. The fourth-order valence-electron chi connectivity index (χ4n) is 3.32. The number of nitrogens with zero attached hydrogens (tertiary/aromatic N) is 3. The summed E-state index contributed by atoms with van der Waals surface area (Å²) in [6.45, 7) is 8.12. The largest absolute Gasteiger partial charge is 0.473 e. The highest BCUT2D eigenvalue weighted by Crippen LogP contribution is 2.34. The summed E-state index contributed by atoms with van der Waals surface area (Å²) in [6, 6.07) is -0.106. The first-order chi connectivity index (χ1) is 11.3. The lowest BCUT2D eigenvalue weighted by atomic mass is 9.89. The minimum atomic E-state index is -0.511. The van der Waals surface area contributed by atoms with Crippen LogP contribution in [-0.2, 0) is 9.47 Å². The molecule has 0 saturated carbocycles. The molecule has 3 heterocycles. The molecule has 24 heavy (non-hydrogen) atoms. The predicted octanol–water partition coefficient (Wildman–Crippen LogP) is 2.41. The molecule has 1 aromatic rings. The molecule has 1 aromatic heterocycles. The Balaban J connectivity index is 1.72. The van der Waals surface area contributed by atoms with Crippen LogP contribution in [0.25, 0.3) is 0 Å². The van der Waals surface area contributed by atoms with E-state index < -0.39 is 5.60 Å². The Kier molecular flexibility index (Phi) is 4.62. The van der Waals surface area contributed by atoms with Crippen LogP contribution < -0.4 is 4.74 Å². The van der Waals surface area contributed by atoms with Crippen molar-refractivity contribution in [3.63, 3.8) is 0 Å². The predicted molar refractivity (Wildman–Crippen MR) is 86.7 cm³/mol. The van der Waals surface area contributed by atoms with E-state index in [-0.39, 0.29) is 30.4 Å². The molecule has 2 bridgehead atoms. The van der Waals surface area contributed by atoms with Crippen LogP contribution >= 0.6 is 0 Å². The Bertz CT molecular complexity index is 575. The van der Waals surface area contributed by atoms with Crippen LogP contribution in [0.1, 0.15) is 40.5 Å². The first kappa shape index (κ1) is 17.0. The number of morpholine rings is 1. The number of carbonyl (C=O) groups is 1. The first-order valence-corrected chi connectivity index (χ1v) is 8.39. The Hall–Kier alpha value is -1.89. The van der Waals surface area contributed by atoms with Gasteiger partial charge in [0.1, 0.15) is 11.7 Å². The molecule has 1 unspecified atom stereocenters. The van der Waals surface area contributed by atoms with E-state index >= 15 is 0 Å². The third kappa shape index (κ3) is 3.77. The Morgan fingerprint density at radius 2 is 2.12 bits per heavy atom. The number of carbonyl (C=O) groups excluding carboxylic acids is 1. The lowest BCUT2D eigenvalue weighted by Gasteiger charge is -2.50. The quantitative estimate of drug-likeness (QED) is 0.826. The maximum absolute atomic E-state index is 12.6. The van der Waals surface area contributed by atoms with Crippen LogP contribution in [0.4, 0.5) is 4.79 Å². The maximum Gasteiger partial charge on any atom is 0.410 e. The summed E-state index contributed by atoms with van der Waals surface area (Å²) in [5.74, 6) is 0.514. The Labute approximate surface area is 142 Å². The van der Waals surface area contributed by atoms with E-state index in [0.717, 1.165) is 0 Å². The molecule has 7 heteroatoms. The third-order valence-electron chi connectivity index (χ3n) is 4.31. The lowest BCUT2D eigenvalue weighted by molar-refractivity contribution is -0.132. The molecule has 0 radical (unpaired) electrons. The van der Waals surface area contributed by atoms with Crippen molar-refractivity contribution in [2.75, 3.05) is 6.61 Å². The van der Waals surface area contributed by atoms with Gasteiger partial charge in [0.15, 0.2) is 0 Å². The van der Waals surface area contributed by atoms with Gasteiger partial charge in [0.05, 0.1) is 31.0 Å². The number of amides is 1. The van der Waals surface area contributed by atoms with Gasteiger partial charge >= 0.3 is 6.09 Å². The fraction of sp³-hybridized carbons (Fsp3) is 0.706. The smallest absolute Gasteiger partial charge is 0.410 e. The van der Waals surface area contributed by atoms with Crippen LogP contribution in [0.15, 0.2) is 18.6 Å². The maximum atomic E-state index is 12.6. The molecule has 2 fully saturated rings. The van der Waals surface area contributed by atoms with Gasteiger partial charge in [-0.15, -0.1) is 0 Å². The van der Waals surface area contributed by atoms with Crippen LogP contribution in [0.2, 0.25) is 0 Å². The highest BCUT2D eigenvalue weighted by molar-refractivity contribution is 5.69. The molecular weight excluding hydrogens is 310 g/mol. The molecule has 0 N–H and O–H groups in total. The summed E-state index contributed by atoms with van der Waals surface area (Å²) in [5, 5.41) is 0. The van der Waals surface area contributed by atoms with Gasteiger partial charge in [-0.2, -0.15) is 0 Å². The number of hydrogen-bond acceptors (Lipinski definition) is 6. The summed E-state index contributed by atoms with van der Waals surface area (Å²) in [6.07, 6.45) is 5.87. The van der Waals surface area contributed by atoms with Crippen LogP contribution in [0, 0.1) is 0 Å². The van der Waals surface area contributed by atoms with Gasteiger partial charge in [0, 0.05) is 25.2 Å². The van der Waals surface area contributed by atoms with Crippen molar-refractivity contribution >= 4 is 6.09 Å². The van der Waals surface area contributed by atoms with Crippen molar-refractivity contribution in [3.05, 3.63) is 18.6 Å². The second kappa shape index (κ2) is 6.55. The van der Waals surface area contributed by atoms with Crippen molar-refractivity contribution in [2.45, 2.75) is 70.4 Å². The molecule has 2 aliphatic rings. The zero-order valence-electron chi connectivity index (χ0n) is 14.6. The van der Waals surface area contributed by atoms with Gasteiger partial charge in [-0.3, -0.25) is 9.88 Å². The second-order valence-corrected chi connectivity index (χ2v) is 7.40. The molecule has 0 aromatic carbocycles. The summed E-state index contributed by atoms with van der Waals surface area (Å²) in [5.41, 5.74) is -0.511. The van der Waals surface area contributed by atoms with Gasteiger partial charge in [-0.05, 0) is 27.7 Å². The first-order valence-electron chi connectivity index (χ1n) is 8.39. The number of piperidine rings is 1. The fourth-order valence-corrected chi connectivity index (χ4v) is 3.32. The topological polar surface area (TPSA) is 73.8 Å². The highest BCUT2D eigenvalue weighted by Gasteiger charge is 2.47. The molecule has 2 aliphatic heterocycles. The average molecular weight is 335 g/mol. The number of ether oxygens (including phenoxy) is 3. The number of rotatable bonds is 2. The van der Waals surface area contributed by atoms with Gasteiger partial charge in [0.2, 0.25) is 5.88 Å². The minimum Gasteiger partial charge on any atom is -0.473 e. The standard InChI is InChI=1S/C17H25N3O4/c1-11-14-8-13(23-15-9-18-5-6-19-15)7-12(10-22-11)20(14)16(21)24-17(2,3)4/h5-6,9,11-14H,7-8,10H2,1-4H3/t11-,12+,13-,14?/m0/s1. The summed E-state index contributed by atoms with van der Waals surface area (Å²) in [4.78, 5) is 22.7. The summed E-state index contributed by atoms with van der Waals surface area (Å²) in [7, 11) is 0. The molecule has 1 amide bonds. The Morgan fingerprint density at radius 1 is 1.33 bits per heavy atom. The zero-order valence-corrected chi connectivity index (χ0v) is 14.6. The van der Waals surface area contributed by atoms with Crippen LogP contribution in [0.3, 0.4) is 0 Å². The molecular formula is C17H25N3O4. The van der Waals surface area contributed by atoms with Gasteiger partial charge in [-0.1, -0.05) is 0 Å². The van der Waals surface area contributed by atoms with Crippen molar-refractivity contribution in [3.8, 4) is 5.88 Å². The van der Waals surface area contributed by atoms with E-state index in [9.17, 15) is 4.79 Å². The molecule has 0 aliphatic carbocycles. The third-order valence-corrected chi connectivity index (χ3v) is 4.31. The van der Waals surface area contributed by atoms with Crippen molar-refractivity contribution in [1.29, 1.82) is 0 Å². The van der Waals surface area contributed by atoms with E-state index in [2.05, 4.69) is 9.97 Å². The Morgan fingerprint density at radius 3 is 2.79 bits per heavy atom. The van der Waals surface area contributed by atoms with Gasteiger partial charge in [0.25, 0.3) is 0 Å². The molecule has 7 nitrogen and oxygen atoms in total. The molecule has 0 spiro atoms. The number of fused-ring (bicyclic) bond motifs is 2. The molecule has 3 rings (SSSR count). The van der Waals surface area contributed by atoms with Crippen LogP contribution in [0.5, 0.6) is 5.88 Å². The van der Waals surface area contributed by atoms with Gasteiger partial charge in [-0.25, -0.2) is 9.78 Å². The summed E-state index contributed by atoms with van der Waals surface area (Å²) >= 11 is 0.